The maximum Gasteiger partial charge on any atom is 0.305 e. The Balaban J connectivity index is 2.05. The van der Waals surface area contributed by atoms with Crippen molar-refractivity contribution in [3.63, 3.8) is 0 Å². The minimum absolute atomic E-state index is 0.0370. The Hall–Kier alpha value is -2.64. The molecule has 1 fully saturated rings. The Kier molecular flexibility index (Phi) is 48.2. The van der Waals surface area contributed by atoms with Gasteiger partial charge in [-0.05, 0) is 103 Å². The average Bonchev–Trinajstić information content (AvgIpc) is 3.39. The number of hydrogen-bond acceptors (Lipinski definition) is 10. The van der Waals surface area contributed by atoms with Crippen molar-refractivity contribution in [2.45, 2.75) is 301 Å². The second-order valence-corrected chi connectivity index (χ2v) is 20.7. The van der Waals surface area contributed by atoms with Crippen molar-refractivity contribution in [3.8, 4) is 0 Å². The molecule has 0 aliphatic carbocycles. The molecule has 7 atom stereocenters. The summed E-state index contributed by atoms with van der Waals surface area (Å²) in [6.07, 6.45) is 56.1. The first-order chi connectivity index (χ1) is 35.7. The van der Waals surface area contributed by atoms with Crippen molar-refractivity contribution in [1.82, 2.24) is 5.32 Å². The van der Waals surface area contributed by atoms with E-state index in [1.165, 1.54) is 128 Å². The number of rotatable bonds is 51. The van der Waals surface area contributed by atoms with Crippen LogP contribution in [-0.4, -0.2) is 100 Å². The lowest BCUT2D eigenvalue weighted by Gasteiger charge is -2.40. The second kappa shape index (κ2) is 51.5. The molecule has 0 saturated carbocycles. The van der Waals surface area contributed by atoms with Crippen molar-refractivity contribution >= 4 is 11.9 Å². The minimum atomic E-state index is -1.58. The zero-order chi connectivity index (χ0) is 53.1. The summed E-state index contributed by atoms with van der Waals surface area (Å²) >= 11 is 0. The average molecular weight is 1030 g/mol. The third-order valence-corrected chi connectivity index (χ3v) is 13.8. The summed E-state index contributed by atoms with van der Waals surface area (Å²) in [6.45, 7) is 4.22. The van der Waals surface area contributed by atoms with Crippen LogP contribution in [0.2, 0.25) is 0 Å². The fourth-order valence-corrected chi connectivity index (χ4v) is 9.02. The highest BCUT2D eigenvalue weighted by Crippen LogP contribution is 2.23. The van der Waals surface area contributed by atoms with E-state index in [-0.39, 0.29) is 18.5 Å². The maximum absolute atomic E-state index is 13.0. The van der Waals surface area contributed by atoms with E-state index in [9.17, 15) is 35.1 Å². The highest BCUT2D eigenvalue weighted by atomic mass is 16.7. The van der Waals surface area contributed by atoms with E-state index in [0.29, 0.717) is 19.4 Å². The SMILES string of the molecule is CCCCC/C=C\C/C=C\CCCCCCCCCCCC(=O)OCCCCC/C=C\C/C=C\CCCCCCCCCC(=O)NC(COC1OC(CO)C(O)C(O)C1O)C(O)/C=C/CCCCCCCCC. The number of carbonyl (C=O) groups is 2. The van der Waals surface area contributed by atoms with Gasteiger partial charge in [-0.2, -0.15) is 0 Å². The van der Waals surface area contributed by atoms with Gasteiger partial charge in [-0.1, -0.05) is 203 Å². The number of amides is 1. The van der Waals surface area contributed by atoms with Gasteiger partial charge in [0.25, 0.3) is 0 Å². The molecule has 0 aromatic carbocycles. The van der Waals surface area contributed by atoms with Crippen molar-refractivity contribution in [3.05, 3.63) is 60.8 Å². The Morgan fingerprint density at radius 3 is 1.41 bits per heavy atom. The number of carbonyl (C=O) groups excluding carboxylic acids is 2. The molecule has 73 heavy (non-hydrogen) atoms. The molecule has 424 valence electrons. The topological polar surface area (TPSA) is 175 Å². The van der Waals surface area contributed by atoms with Crippen LogP contribution in [0.4, 0.5) is 0 Å². The van der Waals surface area contributed by atoms with E-state index < -0.39 is 49.5 Å². The number of allylic oxidation sites excluding steroid dienone is 9. The molecule has 0 spiro atoms. The van der Waals surface area contributed by atoms with E-state index >= 15 is 0 Å². The smallest absolute Gasteiger partial charge is 0.305 e. The summed E-state index contributed by atoms with van der Waals surface area (Å²) in [5, 5.41) is 54.2. The van der Waals surface area contributed by atoms with E-state index in [1.807, 2.05) is 6.08 Å². The van der Waals surface area contributed by atoms with Crippen LogP contribution in [0.5, 0.6) is 0 Å². The maximum atomic E-state index is 13.0. The zero-order valence-corrected chi connectivity index (χ0v) is 46.6. The third kappa shape index (κ3) is 41.2. The van der Waals surface area contributed by atoms with Crippen molar-refractivity contribution in [1.29, 1.82) is 0 Å². The molecule has 6 N–H and O–H groups in total. The minimum Gasteiger partial charge on any atom is -0.466 e. The Morgan fingerprint density at radius 2 is 0.918 bits per heavy atom. The number of esters is 1. The number of hydrogen-bond donors (Lipinski definition) is 6. The van der Waals surface area contributed by atoms with Gasteiger partial charge in [-0.3, -0.25) is 9.59 Å². The molecule has 0 aromatic heterocycles. The van der Waals surface area contributed by atoms with Gasteiger partial charge in [-0.15, -0.1) is 0 Å². The largest absolute Gasteiger partial charge is 0.466 e. The summed E-state index contributed by atoms with van der Waals surface area (Å²) < 4.78 is 16.7. The summed E-state index contributed by atoms with van der Waals surface area (Å²) in [7, 11) is 0. The molecule has 0 bridgehead atoms. The van der Waals surface area contributed by atoms with E-state index in [0.717, 1.165) is 103 Å². The molecule has 7 unspecified atom stereocenters. The van der Waals surface area contributed by atoms with Crippen LogP contribution in [-0.2, 0) is 23.8 Å². The van der Waals surface area contributed by atoms with Gasteiger partial charge in [0, 0.05) is 12.8 Å². The standard InChI is InChI=1S/C62H111NO10/c1-3-5-7-9-11-13-14-15-16-17-18-21-24-27-30-34-38-42-46-50-58(67)71-51-47-43-39-35-31-28-25-22-19-20-23-26-29-33-37-41-45-49-57(66)63-54(55(65)48-44-40-36-32-12-10-8-6-4-2)53-72-62-61(70)60(69)59(68)56(52-64)73-62/h11,13,15-16,19,22,28,31,44,48,54-56,59-62,64-65,68-70H,3-10,12,14,17-18,20-21,23-27,29-30,32-43,45-47,49-53H2,1-2H3,(H,63,66)/b13-11-,16-15-,22-19-,31-28-,48-44+. The van der Waals surface area contributed by atoms with Crippen LogP contribution < -0.4 is 5.32 Å². The number of aliphatic hydroxyl groups excluding tert-OH is 5. The molecule has 1 heterocycles. The van der Waals surface area contributed by atoms with Crippen LogP contribution in [0.15, 0.2) is 60.8 Å². The van der Waals surface area contributed by atoms with Gasteiger partial charge < -0.3 is 45.1 Å². The first kappa shape index (κ1) is 68.4. The van der Waals surface area contributed by atoms with Gasteiger partial charge >= 0.3 is 5.97 Å². The van der Waals surface area contributed by atoms with Crippen molar-refractivity contribution in [2.75, 3.05) is 19.8 Å². The Morgan fingerprint density at radius 1 is 0.507 bits per heavy atom. The molecule has 1 amide bonds. The van der Waals surface area contributed by atoms with Gasteiger partial charge in [0.1, 0.15) is 24.4 Å². The summed E-state index contributed by atoms with van der Waals surface area (Å²) in [4.78, 5) is 25.1. The lowest BCUT2D eigenvalue weighted by molar-refractivity contribution is -0.302. The quantitative estimate of drug-likeness (QED) is 0.0195. The predicted molar refractivity (Wildman–Crippen MR) is 301 cm³/mol. The number of unbranched alkanes of at least 4 members (excludes halogenated alkanes) is 29. The normalized spacial score (nSPS) is 19.4. The molecule has 0 radical (unpaired) electrons. The molecular formula is C62H111NO10. The first-order valence-electron chi connectivity index (χ1n) is 30.1. The molecule has 1 saturated heterocycles. The highest BCUT2D eigenvalue weighted by Gasteiger charge is 2.44. The molecule has 1 aliphatic heterocycles. The third-order valence-electron chi connectivity index (χ3n) is 13.8. The highest BCUT2D eigenvalue weighted by molar-refractivity contribution is 5.76. The van der Waals surface area contributed by atoms with E-state index in [2.05, 4.69) is 67.8 Å². The fraction of sp³-hybridized carbons (Fsp3) is 0.806. The molecule has 0 aromatic rings. The van der Waals surface area contributed by atoms with Crippen LogP contribution in [0, 0.1) is 0 Å². The number of aliphatic hydroxyl groups is 5. The van der Waals surface area contributed by atoms with Gasteiger partial charge in [0.2, 0.25) is 5.91 Å². The second-order valence-electron chi connectivity index (χ2n) is 20.7. The summed E-state index contributed by atoms with van der Waals surface area (Å²) in [6, 6.07) is -0.822. The van der Waals surface area contributed by atoms with Gasteiger partial charge in [0.05, 0.1) is 32.0 Å². The summed E-state index contributed by atoms with van der Waals surface area (Å²) in [5.41, 5.74) is 0. The van der Waals surface area contributed by atoms with Gasteiger partial charge in [-0.25, -0.2) is 0 Å². The number of nitrogens with one attached hydrogen (secondary N) is 1. The van der Waals surface area contributed by atoms with Crippen LogP contribution in [0.1, 0.15) is 258 Å². The molecule has 1 aliphatic rings. The monoisotopic (exact) mass is 1030 g/mol. The van der Waals surface area contributed by atoms with Crippen LogP contribution >= 0.6 is 0 Å². The lowest BCUT2D eigenvalue weighted by atomic mass is 9.99. The zero-order valence-electron chi connectivity index (χ0n) is 46.6. The summed E-state index contributed by atoms with van der Waals surface area (Å²) in [5.74, 6) is -0.238. The molecule has 1 rings (SSSR count). The van der Waals surface area contributed by atoms with E-state index in [1.54, 1.807) is 6.08 Å². The van der Waals surface area contributed by atoms with Crippen molar-refractivity contribution < 1.29 is 49.3 Å². The predicted octanol–water partition coefficient (Wildman–Crippen LogP) is 13.8. The fourth-order valence-electron chi connectivity index (χ4n) is 9.02. The molecular weight excluding hydrogens is 919 g/mol. The van der Waals surface area contributed by atoms with Gasteiger partial charge in [0.15, 0.2) is 6.29 Å². The van der Waals surface area contributed by atoms with E-state index in [4.69, 9.17) is 14.2 Å². The Bertz CT molecular complexity index is 1400. The first-order valence-corrected chi connectivity index (χ1v) is 30.1. The molecule has 11 heteroatoms. The molecule has 11 nitrogen and oxygen atoms in total. The van der Waals surface area contributed by atoms with Crippen LogP contribution in [0.3, 0.4) is 0 Å². The van der Waals surface area contributed by atoms with Crippen molar-refractivity contribution in [2.24, 2.45) is 0 Å². The lowest BCUT2D eigenvalue weighted by Crippen LogP contribution is -2.60. The Labute approximate surface area is 446 Å². The van der Waals surface area contributed by atoms with Crippen LogP contribution in [0.25, 0.3) is 0 Å². The number of ether oxygens (including phenoxy) is 3.